The number of nitrogens with zero attached hydrogens (tertiary/aromatic N) is 2. The van der Waals surface area contributed by atoms with Gasteiger partial charge in [0.2, 0.25) is 0 Å². The fraction of sp³-hybridized carbons (Fsp3) is 0.308. The first-order valence-electron chi connectivity index (χ1n) is 5.76. The number of fused-ring (bicyclic) bond motifs is 1. The fourth-order valence-electron chi connectivity index (χ4n) is 2.17. The minimum atomic E-state index is -1.04. The van der Waals surface area contributed by atoms with Gasteiger partial charge in [0.1, 0.15) is 17.4 Å². The van der Waals surface area contributed by atoms with E-state index < -0.39 is 18.0 Å². The third kappa shape index (κ3) is 2.05. The third-order valence-corrected chi connectivity index (χ3v) is 3.06. The number of carboxylic acid groups (broad SMARTS) is 1. The summed E-state index contributed by atoms with van der Waals surface area (Å²) in [4.78, 5) is 27.0. The molecular weight excluding hydrogens is 248 g/mol. The lowest BCUT2D eigenvalue weighted by molar-refractivity contribution is -0.143. The molecule has 1 heterocycles. The number of methoxy groups -OCH3 is 1. The van der Waals surface area contributed by atoms with Crippen LogP contribution in [0, 0.1) is 6.92 Å². The van der Waals surface area contributed by atoms with Crippen LogP contribution in [0.5, 0.6) is 0 Å². The van der Waals surface area contributed by atoms with Crippen molar-refractivity contribution in [2.45, 2.75) is 19.9 Å². The molecule has 0 aliphatic carbocycles. The number of aromatic nitrogens is 2. The largest absolute Gasteiger partial charge is 0.478 e. The lowest BCUT2D eigenvalue weighted by Crippen LogP contribution is -2.18. The molecule has 1 aromatic heterocycles. The van der Waals surface area contributed by atoms with Gasteiger partial charge >= 0.3 is 11.9 Å². The maximum atomic E-state index is 11.6. The van der Waals surface area contributed by atoms with Crippen LogP contribution in [0.1, 0.15) is 29.1 Å². The minimum Gasteiger partial charge on any atom is -0.478 e. The van der Waals surface area contributed by atoms with Gasteiger partial charge < -0.3 is 14.4 Å². The molecule has 0 spiro atoms. The molecule has 6 nitrogen and oxygen atoms in total. The number of carbonyl (C=O) groups is 2. The Morgan fingerprint density at radius 2 is 2.11 bits per heavy atom. The van der Waals surface area contributed by atoms with Gasteiger partial charge in [-0.05, 0) is 26.0 Å². The molecule has 0 aliphatic heterocycles. The van der Waals surface area contributed by atoms with Gasteiger partial charge in [-0.1, -0.05) is 6.07 Å². The molecule has 6 heteroatoms. The van der Waals surface area contributed by atoms with Crippen molar-refractivity contribution in [2.75, 3.05) is 7.11 Å². The molecule has 0 amide bonds. The summed E-state index contributed by atoms with van der Waals surface area (Å²) < 4.78 is 6.39. The summed E-state index contributed by atoms with van der Waals surface area (Å²) in [5, 5.41) is 9.14. The lowest BCUT2D eigenvalue weighted by atomic mass is 10.2. The number of imidazole rings is 1. The van der Waals surface area contributed by atoms with Crippen molar-refractivity contribution >= 4 is 23.0 Å². The van der Waals surface area contributed by atoms with Crippen molar-refractivity contribution in [1.82, 2.24) is 9.55 Å². The summed E-state index contributed by atoms with van der Waals surface area (Å²) >= 11 is 0. The Kier molecular flexibility index (Phi) is 3.25. The molecule has 0 aliphatic rings. The van der Waals surface area contributed by atoms with Crippen LogP contribution < -0.4 is 0 Å². The van der Waals surface area contributed by atoms with Crippen molar-refractivity contribution < 1.29 is 19.4 Å². The van der Waals surface area contributed by atoms with Crippen LogP contribution in [0.4, 0.5) is 0 Å². The van der Waals surface area contributed by atoms with Crippen LogP contribution in [0.2, 0.25) is 0 Å². The highest BCUT2D eigenvalue weighted by molar-refractivity contribution is 6.01. The molecule has 1 aromatic carbocycles. The van der Waals surface area contributed by atoms with Gasteiger partial charge in [-0.2, -0.15) is 0 Å². The summed E-state index contributed by atoms with van der Waals surface area (Å²) in [7, 11) is 1.32. The zero-order chi connectivity index (χ0) is 14.2. The van der Waals surface area contributed by atoms with Crippen LogP contribution in [0.3, 0.4) is 0 Å². The second kappa shape index (κ2) is 4.72. The summed E-state index contributed by atoms with van der Waals surface area (Å²) in [6.07, 6.45) is 0. The first kappa shape index (κ1) is 13.1. The van der Waals surface area contributed by atoms with Gasteiger partial charge in [0.25, 0.3) is 0 Å². The predicted octanol–water partition coefficient (Wildman–Crippen LogP) is 1.78. The Balaban J connectivity index is 2.70. The molecular formula is C13H14N2O4. The molecule has 2 rings (SSSR count). The highest BCUT2D eigenvalue weighted by Gasteiger charge is 2.22. The quantitative estimate of drug-likeness (QED) is 0.852. The normalized spacial score (nSPS) is 12.4. The van der Waals surface area contributed by atoms with E-state index >= 15 is 0 Å². The standard InChI is InChI=1S/C13H14N2O4/c1-7(13(18)19-3)15-8(2)14-11-9(12(16)17)5-4-6-10(11)15/h4-7H,1-3H3,(H,16,17). The third-order valence-electron chi connectivity index (χ3n) is 3.06. The van der Waals surface area contributed by atoms with E-state index in [-0.39, 0.29) is 5.56 Å². The van der Waals surface area contributed by atoms with E-state index in [4.69, 9.17) is 9.84 Å². The van der Waals surface area contributed by atoms with Crippen molar-refractivity contribution in [3.63, 3.8) is 0 Å². The van der Waals surface area contributed by atoms with E-state index in [0.717, 1.165) is 0 Å². The summed E-state index contributed by atoms with van der Waals surface area (Å²) in [6.45, 7) is 3.42. The highest BCUT2D eigenvalue weighted by atomic mass is 16.5. The molecule has 0 radical (unpaired) electrons. The summed E-state index contributed by atoms with van der Waals surface area (Å²) in [6, 6.07) is 4.30. The Hall–Kier alpha value is -2.37. The maximum Gasteiger partial charge on any atom is 0.337 e. The maximum absolute atomic E-state index is 11.6. The predicted molar refractivity (Wildman–Crippen MR) is 68.2 cm³/mol. The Bertz CT molecular complexity index is 660. The van der Waals surface area contributed by atoms with E-state index in [1.165, 1.54) is 13.2 Å². The van der Waals surface area contributed by atoms with Crippen LogP contribution in [0.25, 0.3) is 11.0 Å². The average Bonchev–Trinajstić information content (AvgIpc) is 2.72. The van der Waals surface area contributed by atoms with Crippen LogP contribution in [-0.4, -0.2) is 33.7 Å². The van der Waals surface area contributed by atoms with Crippen molar-refractivity contribution in [3.8, 4) is 0 Å². The second-order valence-corrected chi connectivity index (χ2v) is 4.21. The molecule has 1 N–H and O–H groups in total. The molecule has 0 fully saturated rings. The molecule has 100 valence electrons. The number of carbonyl (C=O) groups excluding carboxylic acids is 1. The van der Waals surface area contributed by atoms with Crippen molar-refractivity contribution in [3.05, 3.63) is 29.6 Å². The minimum absolute atomic E-state index is 0.122. The molecule has 1 unspecified atom stereocenters. The number of ether oxygens (including phenoxy) is 1. The number of rotatable bonds is 3. The Morgan fingerprint density at radius 3 is 2.68 bits per heavy atom. The average molecular weight is 262 g/mol. The van der Waals surface area contributed by atoms with Gasteiger partial charge in [-0.25, -0.2) is 14.6 Å². The molecule has 0 saturated carbocycles. The van der Waals surface area contributed by atoms with E-state index in [1.54, 1.807) is 30.5 Å². The summed E-state index contributed by atoms with van der Waals surface area (Å²) in [5.74, 6) is -0.870. The van der Waals surface area contributed by atoms with Crippen molar-refractivity contribution in [1.29, 1.82) is 0 Å². The smallest absolute Gasteiger partial charge is 0.337 e. The van der Waals surface area contributed by atoms with Gasteiger partial charge in [0.05, 0.1) is 18.2 Å². The molecule has 19 heavy (non-hydrogen) atoms. The fourth-order valence-corrected chi connectivity index (χ4v) is 2.17. The van der Waals surface area contributed by atoms with E-state index in [9.17, 15) is 9.59 Å². The zero-order valence-corrected chi connectivity index (χ0v) is 10.9. The van der Waals surface area contributed by atoms with Crippen LogP contribution >= 0.6 is 0 Å². The van der Waals surface area contributed by atoms with Crippen LogP contribution in [-0.2, 0) is 9.53 Å². The number of hydrogen-bond donors (Lipinski definition) is 1. The number of carboxylic acids is 1. The van der Waals surface area contributed by atoms with Gasteiger partial charge in [-0.15, -0.1) is 0 Å². The number of hydrogen-bond acceptors (Lipinski definition) is 4. The van der Waals surface area contributed by atoms with Gasteiger partial charge in [0, 0.05) is 0 Å². The number of aryl methyl sites for hydroxylation is 1. The van der Waals surface area contributed by atoms with E-state index in [0.29, 0.717) is 16.9 Å². The Morgan fingerprint density at radius 1 is 1.42 bits per heavy atom. The molecule has 2 aromatic rings. The Labute approximate surface area is 109 Å². The lowest BCUT2D eigenvalue weighted by Gasteiger charge is -2.13. The monoisotopic (exact) mass is 262 g/mol. The van der Waals surface area contributed by atoms with Gasteiger partial charge in [-0.3, -0.25) is 0 Å². The second-order valence-electron chi connectivity index (χ2n) is 4.21. The first-order valence-corrected chi connectivity index (χ1v) is 5.76. The SMILES string of the molecule is COC(=O)C(C)n1c(C)nc2c(C(=O)O)cccc21. The number of benzene rings is 1. The number of aromatic carboxylic acids is 1. The van der Waals surface area contributed by atoms with E-state index in [2.05, 4.69) is 4.98 Å². The zero-order valence-electron chi connectivity index (χ0n) is 10.9. The topological polar surface area (TPSA) is 81.4 Å². The number of esters is 1. The van der Waals surface area contributed by atoms with Gasteiger partial charge in [0.15, 0.2) is 0 Å². The molecule has 0 bridgehead atoms. The highest BCUT2D eigenvalue weighted by Crippen LogP contribution is 2.24. The molecule has 0 saturated heterocycles. The first-order chi connectivity index (χ1) is 8.97. The summed E-state index contributed by atoms with van der Waals surface area (Å²) in [5.41, 5.74) is 1.11. The van der Waals surface area contributed by atoms with Crippen molar-refractivity contribution in [2.24, 2.45) is 0 Å². The van der Waals surface area contributed by atoms with Crippen LogP contribution in [0.15, 0.2) is 18.2 Å². The van der Waals surface area contributed by atoms with E-state index in [1.807, 2.05) is 0 Å². The number of para-hydroxylation sites is 1. The molecule has 1 atom stereocenters.